The predicted octanol–water partition coefficient (Wildman–Crippen LogP) is -0.554. The van der Waals surface area contributed by atoms with Crippen molar-refractivity contribution >= 4 is 23.5 Å². The average Bonchev–Trinajstić information content (AvgIpc) is 2.73. The molecule has 5 nitrogen and oxygen atoms in total. The topological polar surface area (TPSA) is 65.7 Å². The van der Waals surface area contributed by atoms with Gasteiger partial charge in [0.15, 0.2) is 6.61 Å². The Bertz CT molecular complexity index is 543. The molecule has 0 unspecified atom stereocenters. The van der Waals surface area contributed by atoms with Gasteiger partial charge in [-0.25, -0.2) is 0 Å². The van der Waals surface area contributed by atoms with Gasteiger partial charge in [0.05, 0.1) is 0 Å². The van der Waals surface area contributed by atoms with Crippen molar-refractivity contribution in [2.24, 2.45) is 4.99 Å². The molecule has 82 valence electrons. The molecule has 16 heavy (non-hydrogen) atoms. The highest BCUT2D eigenvalue weighted by Gasteiger charge is 2.10. The lowest BCUT2D eigenvalue weighted by Crippen LogP contribution is -2.36. The quantitative estimate of drug-likeness (QED) is 0.659. The lowest BCUT2D eigenvalue weighted by atomic mass is 10.4. The van der Waals surface area contributed by atoms with Crippen LogP contribution in [-0.2, 0) is 9.53 Å². The highest BCUT2D eigenvalue weighted by atomic mass is 32.1. The minimum absolute atomic E-state index is 0.125. The van der Waals surface area contributed by atoms with Gasteiger partial charge in [-0.2, -0.15) is 5.26 Å². The number of nitriles is 1. The summed E-state index contributed by atoms with van der Waals surface area (Å²) < 4.78 is 5.65. The van der Waals surface area contributed by atoms with Crippen molar-refractivity contribution in [3.05, 3.63) is 21.3 Å². The molecule has 0 N–H and O–H groups in total. The Morgan fingerprint density at radius 1 is 1.75 bits per heavy atom. The van der Waals surface area contributed by atoms with E-state index in [0.717, 1.165) is 9.89 Å². The molecule has 1 aromatic heterocycles. The van der Waals surface area contributed by atoms with Crippen molar-refractivity contribution < 1.29 is 9.53 Å². The fourth-order valence-electron chi connectivity index (χ4n) is 1.35. The van der Waals surface area contributed by atoms with E-state index < -0.39 is 5.97 Å². The first-order valence-corrected chi connectivity index (χ1v) is 5.54. The second-order valence-corrected chi connectivity index (χ2v) is 4.07. The van der Waals surface area contributed by atoms with Gasteiger partial charge in [-0.1, -0.05) is 0 Å². The standard InChI is InChI=1S/C10H9N3O2S/c11-2-3-15-9(14)6-13-5-8-1-4-16-10(8)12-7-13/h1,4-5H,3,6-7H2. The van der Waals surface area contributed by atoms with Crippen molar-refractivity contribution in [3.63, 3.8) is 0 Å². The third-order valence-corrected chi connectivity index (χ3v) is 2.88. The van der Waals surface area contributed by atoms with Crippen molar-refractivity contribution in [2.75, 3.05) is 19.8 Å². The summed E-state index contributed by atoms with van der Waals surface area (Å²) in [7, 11) is 0. The van der Waals surface area contributed by atoms with Crippen LogP contribution in [0.1, 0.15) is 0 Å². The molecule has 0 amide bonds. The van der Waals surface area contributed by atoms with E-state index in [4.69, 9.17) is 5.26 Å². The first-order chi connectivity index (χ1) is 7.79. The average molecular weight is 235 g/mol. The lowest BCUT2D eigenvalue weighted by Gasteiger charge is -2.17. The molecule has 0 aliphatic carbocycles. The molecule has 0 aromatic carbocycles. The molecule has 0 bridgehead atoms. The van der Waals surface area contributed by atoms with E-state index in [0.29, 0.717) is 6.67 Å². The van der Waals surface area contributed by atoms with E-state index in [2.05, 4.69) is 9.73 Å². The minimum atomic E-state index is -0.410. The highest BCUT2D eigenvalue weighted by molar-refractivity contribution is 7.07. The number of nitrogens with zero attached hydrogens (tertiary/aromatic N) is 3. The van der Waals surface area contributed by atoms with Gasteiger partial charge in [-0.15, -0.1) is 11.3 Å². The van der Waals surface area contributed by atoms with Crippen molar-refractivity contribution in [1.29, 1.82) is 5.26 Å². The van der Waals surface area contributed by atoms with Gasteiger partial charge in [0.1, 0.15) is 24.0 Å². The Labute approximate surface area is 95.9 Å². The van der Waals surface area contributed by atoms with Crippen LogP contribution in [0.25, 0.3) is 6.20 Å². The Kier molecular flexibility index (Phi) is 3.17. The number of ether oxygens (including phenoxy) is 1. The molecule has 0 spiro atoms. The fourth-order valence-corrected chi connectivity index (χ4v) is 2.08. The number of hydrogen-bond acceptors (Lipinski definition) is 6. The summed E-state index contributed by atoms with van der Waals surface area (Å²) in [6.07, 6.45) is 1.88. The van der Waals surface area contributed by atoms with Crippen molar-refractivity contribution in [2.45, 2.75) is 0 Å². The summed E-state index contributed by atoms with van der Waals surface area (Å²) in [5, 5.41) is 11.2. The molecular weight excluding hydrogens is 226 g/mol. The van der Waals surface area contributed by atoms with Crippen LogP contribution in [0.5, 0.6) is 0 Å². The van der Waals surface area contributed by atoms with Gasteiger partial charge in [0.2, 0.25) is 0 Å². The van der Waals surface area contributed by atoms with Gasteiger partial charge in [0, 0.05) is 11.4 Å². The number of fused-ring (bicyclic) bond motifs is 1. The Hall–Kier alpha value is -1.87. The third-order valence-electron chi connectivity index (χ3n) is 2.02. The fraction of sp³-hybridized carbons (Fsp3) is 0.300. The highest BCUT2D eigenvalue weighted by Crippen LogP contribution is 1.96. The molecule has 1 aromatic rings. The zero-order valence-electron chi connectivity index (χ0n) is 8.42. The molecule has 1 aliphatic heterocycles. The number of carbonyl (C=O) groups excluding carboxylic acids is 1. The number of rotatable bonds is 3. The number of thiophene rings is 1. The van der Waals surface area contributed by atoms with Crippen molar-refractivity contribution in [1.82, 2.24) is 4.90 Å². The van der Waals surface area contributed by atoms with Gasteiger partial charge in [-0.05, 0) is 11.4 Å². The number of esters is 1. The summed E-state index contributed by atoms with van der Waals surface area (Å²) in [5.74, 6) is -0.410. The normalized spacial score (nSPS) is 13.1. The van der Waals surface area contributed by atoms with Gasteiger partial charge in [-0.3, -0.25) is 9.79 Å². The number of carbonyl (C=O) groups is 1. The molecule has 0 radical (unpaired) electrons. The molecule has 0 saturated heterocycles. The molecule has 0 atom stereocenters. The van der Waals surface area contributed by atoms with E-state index in [-0.39, 0.29) is 13.2 Å². The first-order valence-electron chi connectivity index (χ1n) is 4.66. The second kappa shape index (κ2) is 4.77. The molecule has 2 heterocycles. The van der Waals surface area contributed by atoms with Crippen LogP contribution < -0.4 is 9.89 Å². The first kappa shape index (κ1) is 10.6. The van der Waals surface area contributed by atoms with Gasteiger partial charge in [0.25, 0.3) is 0 Å². The second-order valence-electron chi connectivity index (χ2n) is 3.18. The van der Waals surface area contributed by atoms with Crippen LogP contribution in [0.2, 0.25) is 0 Å². The maximum Gasteiger partial charge on any atom is 0.326 e. The van der Waals surface area contributed by atoms with Crippen LogP contribution in [-0.4, -0.2) is 30.7 Å². The minimum Gasteiger partial charge on any atom is -0.449 e. The Morgan fingerprint density at radius 2 is 2.62 bits per heavy atom. The molecular formula is C10H9N3O2S. The summed E-state index contributed by atoms with van der Waals surface area (Å²) in [6, 6.07) is 3.71. The molecule has 0 saturated carbocycles. The predicted molar refractivity (Wildman–Crippen MR) is 57.7 cm³/mol. The summed E-state index contributed by atoms with van der Waals surface area (Å²) >= 11 is 1.58. The van der Waals surface area contributed by atoms with Crippen LogP contribution in [0.3, 0.4) is 0 Å². The Morgan fingerprint density at radius 3 is 3.44 bits per heavy atom. The summed E-state index contributed by atoms with van der Waals surface area (Å²) in [4.78, 5) is 17.3. The molecule has 6 heteroatoms. The van der Waals surface area contributed by atoms with Crippen LogP contribution in [0, 0.1) is 11.3 Å². The number of hydrogen-bond donors (Lipinski definition) is 0. The van der Waals surface area contributed by atoms with Crippen LogP contribution >= 0.6 is 11.3 Å². The smallest absolute Gasteiger partial charge is 0.326 e. The van der Waals surface area contributed by atoms with Gasteiger partial charge >= 0.3 is 5.97 Å². The van der Waals surface area contributed by atoms with E-state index in [1.807, 2.05) is 17.6 Å². The van der Waals surface area contributed by atoms with E-state index in [1.165, 1.54) is 0 Å². The third kappa shape index (κ3) is 2.38. The zero-order valence-corrected chi connectivity index (χ0v) is 9.24. The van der Waals surface area contributed by atoms with Gasteiger partial charge < -0.3 is 9.64 Å². The molecule has 1 aliphatic rings. The van der Waals surface area contributed by atoms with Crippen LogP contribution in [0.15, 0.2) is 16.4 Å². The Balaban J connectivity index is 2.00. The SMILES string of the molecule is N#CCOC(=O)CN1C=c2ccsc2=NC1. The van der Waals surface area contributed by atoms with E-state index in [9.17, 15) is 4.79 Å². The summed E-state index contributed by atoms with van der Waals surface area (Å²) in [5.41, 5.74) is 0. The maximum atomic E-state index is 11.2. The lowest BCUT2D eigenvalue weighted by molar-refractivity contribution is -0.142. The van der Waals surface area contributed by atoms with E-state index in [1.54, 1.807) is 22.3 Å². The zero-order chi connectivity index (χ0) is 11.4. The maximum absolute atomic E-state index is 11.2. The largest absolute Gasteiger partial charge is 0.449 e. The molecule has 0 fully saturated rings. The summed E-state index contributed by atoms with van der Waals surface area (Å²) in [6.45, 7) is 0.378. The monoisotopic (exact) mass is 235 g/mol. The van der Waals surface area contributed by atoms with Crippen LogP contribution in [0.4, 0.5) is 0 Å². The van der Waals surface area contributed by atoms with E-state index >= 15 is 0 Å². The molecule has 2 rings (SSSR count). The van der Waals surface area contributed by atoms with Crippen molar-refractivity contribution in [3.8, 4) is 6.07 Å².